The van der Waals surface area contributed by atoms with Crippen LogP contribution in [0, 0.1) is 0 Å². The molecule has 2 rings (SSSR count). The van der Waals surface area contributed by atoms with E-state index >= 15 is 0 Å². The quantitative estimate of drug-likeness (QED) is 0.334. The van der Waals surface area contributed by atoms with E-state index in [-0.39, 0.29) is 29.4 Å². The van der Waals surface area contributed by atoms with Gasteiger partial charge in [0.1, 0.15) is 6.54 Å². The number of hydrogen-bond donors (Lipinski definition) is 1. The van der Waals surface area contributed by atoms with Crippen LogP contribution in [0.3, 0.4) is 0 Å². The first-order valence-corrected chi connectivity index (χ1v) is 8.31. The van der Waals surface area contributed by atoms with Crippen LogP contribution in [0.1, 0.15) is 27.0 Å². The largest absolute Gasteiger partial charge is 1.00 e. The predicted octanol–water partition coefficient (Wildman–Crippen LogP) is -1.16. The van der Waals surface area contributed by atoms with Crippen molar-refractivity contribution in [1.82, 2.24) is 0 Å². The summed E-state index contributed by atoms with van der Waals surface area (Å²) in [5, 5.41) is 0. The highest BCUT2D eigenvalue weighted by Crippen LogP contribution is 2.16. The first-order valence-electron chi connectivity index (χ1n) is 8.31. The monoisotopic (exact) mass is 417 g/mol. The van der Waals surface area contributed by atoms with Gasteiger partial charge in [0.15, 0.2) is 5.78 Å². The maximum absolute atomic E-state index is 12.7. The Hall–Kier alpha value is -2.24. The van der Waals surface area contributed by atoms with Crippen molar-refractivity contribution in [3.05, 3.63) is 83.4 Å². The summed E-state index contributed by atoms with van der Waals surface area (Å²) in [6, 6.07) is 15.0. The lowest BCUT2D eigenvalue weighted by molar-refractivity contribution is -0.872. The van der Waals surface area contributed by atoms with Gasteiger partial charge in [-0.1, -0.05) is 49.0 Å². The molecule has 2 aromatic rings. The fraction of sp³-hybridized carbons (Fsp3) is 0.238. The van der Waals surface area contributed by atoms with Crippen molar-refractivity contribution in [2.24, 2.45) is 0 Å². The molecule has 0 saturated heterocycles. The minimum atomic E-state index is -0.434. The highest BCUT2D eigenvalue weighted by molar-refractivity contribution is 6.09. The number of esters is 1. The number of ketones is 1. The van der Waals surface area contributed by atoms with Crippen molar-refractivity contribution < 1.29 is 36.2 Å². The van der Waals surface area contributed by atoms with Crippen molar-refractivity contribution in [3.63, 3.8) is 0 Å². The maximum Gasteiger partial charge on any atom is 0.330 e. The molecule has 0 atom stereocenters. The van der Waals surface area contributed by atoms with Crippen LogP contribution in [-0.2, 0) is 22.5 Å². The van der Waals surface area contributed by atoms with E-state index in [4.69, 9.17) is 4.74 Å². The van der Waals surface area contributed by atoms with E-state index in [2.05, 4.69) is 20.7 Å². The average Bonchev–Trinajstić information content (AvgIpc) is 2.62. The van der Waals surface area contributed by atoms with Gasteiger partial charge in [0.2, 0.25) is 0 Å². The molecule has 4 nitrogen and oxygen atoms in total. The second-order valence-electron chi connectivity index (χ2n) is 6.18. The van der Waals surface area contributed by atoms with E-state index < -0.39 is 5.97 Å². The zero-order valence-corrected chi connectivity index (χ0v) is 16.7. The number of nitrogens with one attached hydrogen (secondary N) is 1. The zero-order valence-electron chi connectivity index (χ0n) is 15.1. The molecular formula is C21H24BrNO3. The minimum Gasteiger partial charge on any atom is -1.00 e. The highest BCUT2D eigenvalue weighted by Gasteiger charge is 2.13. The summed E-state index contributed by atoms with van der Waals surface area (Å²) >= 11 is 0. The SMILES string of the molecule is C=CC(=O)OCCc1cc(C(=O)c2ccccc2)ccc1C[NH+](C)C.[Br-]. The van der Waals surface area contributed by atoms with Crippen molar-refractivity contribution in [3.8, 4) is 0 Å². The van der Waals surface area contributed by atoms with Gasteiger partial charge in [-0.3, -0.25) is 4.79 Å². The first-order chi connectivity index (χ1) is 12.0. The Kier molecular flexibility index (Phi) is 8.96. The van der Waals surface area contributed by atoms with Crippen LogP contribution in [0.15, 0.2) is 61.2 Å². The van der Waals surface area contributed by atoms with Gasteiger partial charge in [0, 0.05) is 29.2 Å². The molecule has 0 fully saturated rings. The summed E-state index contributed by atoms with van der Waals surface area (Å²) in [5.74, 6) is -0.440. The van der Waals surface area contributed by atoms with Crippen LogP contribution in [0.4, 0.5) is 0 Å². The molecule has 0 heterocycles. The molecule has 0 saturated carbocycles. The molecular weight excluding hydrogens is 394 g/mol. The summed E-state index contributed by atoms with van der Waals surface area (Å²) in [6.45, 7) is 4.50. The number of carbonyl (C=O) groups excluding carboxylic acids is 2. The Morgan fingerprint density at radius 2 is 1.73 bits per heavy atom. The molecule has 1 N–H and O–H groups in total. The molecule has 0 aromatic heterocycles. The van der Waals surface area contributed by atoms with Gasteiger partial charge in [0.05, 0.1) is 20.7 Å². The average molecular weight is 418 g/mol. The topological polar surface area (TPSA) is 47.8 Å². The van der Waals surface area contributed by atoms with E-state index in [1.165, 1.54) is 4.90 Å². The number of carbonyl (C=O) groups is 2. The fourth-order valence-electron chi connectivity index (χ4n) is 2.63. The van der Waals surface area contributed by atoms with Crippen molar-refractivity contribution >= 4 is 11.8 Å². The number of halogens is 1. The normalized spacial score (nSPS) is 10.1. The van der Waals surface area contributed by atoms with Gasteiger partial charge in [-0.05, 0) is 11.6 Å². The number of rotatable bonds is 8. The summed E-state index contributed by atoms with van der Waals surface area (Å²) in [7, 11) is 4.15. The summed E-state index contributed by atoms with van der Waals surface area (Å²) in [4.78, 5) is 25.2. The Bertz CT molecular complexity index is 757. The molecule has 0 spiro atoms. The van der Waals surface area contributed by atoms with Crippen LogP contribution in [0.2, 0.25) is 0 Å². The Balaban J connectivity index is 0.00000338. The number of quaternary nitrogens is 1. The standard InChI is InChI=1S/C21H23NO3.BrH/c1-4-20(23)25-13-12-17-14-18(10-11-19(17)15-22(2)3)21(24)16-8-6-5-7-9-16;/h4-11,14H,1,12-13,15H2,2-3H3;1H. The van der Waals surface area contributed by atoms with Crippen LogP contribution in [-0.4, -0.2) is 32.5 Å². The van der Waals surface area contributed by atoms with Gasteiger partial charge in [-0.25, -0.2) is 4.79 Å². The van der Waals surface area contributed by atoms with E-state index in [9.17, 15) is 9.59 Å². The number of hydrogen-bond acceptors (Lipinski definition) is 3. The Morgan fingerprint density at radius 1 is 1.04 bits per heavy atom. The molecule has 0 aliphatic rings. The lowest BCUT2D eigenvalue weighted by atomic mass is 9.96. The highest BCUT2D eigenvalue weighted by atomic mass is 79.9. The molecule has 0 unspecified atom stereocenters. The molecule has 0 amide bonds. The van der Waals surface area contributed by atoms with Crippen LogP contribution in [0.25, 0.3) is 0 Å². The van der Waals surface area contributed by atoms with Crippen LogP contribution >= 0.6 is 0 Å². The predicted molar refractivity (Wildman–Crippen MR) is 97.7 cm³/mol. The summed E-state index contributed by atoms with van der Waals surface area (Å²) < 4.78 is 5.09. The first kappa shape index (κ1) is 21.8. The lowest BCUT2D eigenvalue weighted by Crippen LogP contribution is -3.04. The van der Waals surface area contributed by atoms with E-state index in [1.807, 2.05) is 48.5 Å². The van der Waals surface area contributed by atoms with Crippen LogP contribution < -0.4 is 21.9 Å². The third kappa shape index (κ3) is 6.24. The van der Waals surface area contributed by atoms with E-state index in [0.29, 0.717) is 17.5 Å². The minimum absolute atomic E-state index is 0. The number of ether oxygens (including phenoxy) is 1. The molecule has 26 heavy (non-hydrogen) atoms. The molecule has 2 aromatic carbocycles. The van der Waals surface area contributed by atoms with Gasteiger partial charge in [-0.2, -0.15) is 0 Å². The van der Waals surface area contributed by atoms with Crippen LogP contribution in [0.5, 0.6) is 0 Å². The molecule has 5 heteroatoms. The molecule has 138 valence electrons. The fourth-order valence-corrected chi connectivity index (χ4v) is 2.63. The summed E-state index contributed by atoms with van der Waals surface area (Å²) in [6.07, 6.45) is 1.72. The second kappa shape index (κ2) is 10.7. The molecule has 0 aliphatic carbocycles. The van der Waals surface area contributed by atoms with Gasteiger partial charge in [-0.15, -0.1) is 0 Å². The third-order valence-electron chi connectivity index (χ3n) is 3.83. The molecule has 0 aliphatic heterocycles. The summed E-state index contributed by atoms with van der Waals surface area (Å²) in [5.41, 5.74) is 3.49. The van der Waals surface area contributed by atoms with Gasteiger partial charge >= 0.3 is 5.97 Å². The smallest absolute Gasteiger partial charge is 0.330 e. The lowest BCUT2D eigenvalue weighted by Gasteiger charge is -2.14. The number of benzene rings is 2. The van der Waals surface area contributed by atoms with Crippen molar-refractivity contribution in [1.29, 1.82) is 0 Å². The third-order valence-corrected chi connectivity index (χ3v) is 3.83. The Morgan fingerprint density at radius 3 is 2.35 bits per heavy atom. The van der Waals surface area contributed by atoms with E-state index in [0.717, 1.165) is 23.7 Å². The molecule has 0 radical (unpaired) electrons. The second-order valence-corrected chi connectivity index (χ2v) is 6.18. The molecule has 0 bridgehead atoms. The Labute approximate surface area is 165 Å². The van der Waals surface area contributed by atoms with Crippen molar-refractivity contribution in [2.45, 2.75) is 13.0 Å². The van der Waals surface area contributed by atoms with Gasteiger partial charge < -0.3 is 26.6 Å². The zero-order chi connectivity index (χ0) is 18.2. The van der Waals surface area contributed by atoms with Crippen molar-refractivity contribution in [2.75, 3.05) is 20.7 Å². The van der Waals surface area contributed by atoms with E-state index in [1.54, 1.807) is 0 Å². The van der Waals surface area contributed by atoms with Gasteiger partial charge in [0.25, 0.3) is 0 Å². The maximum atomic E-state index is 12.7.